The van der Waals surface area contributed by atoms with Crippen LogP contribution in [0.5, 0.6) is 0 Å². The number of carbonyl (C=O) groups excluding carboxylic acids is 1. The second kappa shape index (κ2) is 9.01. The lowest BCUT2D eigenvalue weighted by molar-refractivity contribution is -0.143. The highest BCUT2D eigenvalue weighted by atomic mass is 32.2. The average molecular weight is 412 g/mol. The third kappa shape index (κ3) is 4.48. The van der Waals surface area contributed by atoms with Crippen molar-refractivity contribution in [2.75, 3.05) is 24.5 Å². The number of fused-ring (bicyclic) bond motifs is 2. The van der Waals surface area contributed by atoms with Crippen molar-refractivity contribution in [2.24, 2.45) is 0 Å². The van der Waals surface area contributed by atoms with Crippen LogP contribution >= 0.6 is 0 Å². The predicted molar refractivity (Wildman–Crippen MR) is 114 cm³/mol. The van der Waals surface area contributed by atoms with Crippen LogP contribution in [0.4, 0.5) is 5.69 Å². The van der Waals surface area contributed by atoms with Gasteiger partial charge in [-0.25, -0.2) is 8.42 Å². The Kier molecular flexibility index (Phi) is 6.65. The van der Waals surface area contributed by atoms with Crippen LogP contribution < -0.4 is 15.1 Å². The van der Waals surface area contributed by atoms with E-state index in [0.29, 0.717) is 42.7 Å². The number of rotatable bonds is 7. The largest absolute Gasteiger partial charge is 0.466 e. The fourth-order valence-electron chi connectivity index (χ4n) is 3.57. The van der Waals surface area contributed by atoms with Gasteiger partial charge in [0.1, 0.15) is 7.85 Å². The molecule has 6 nitrogen and oxygen atoms in total. The molecule has 0 spiro atoms. The summed E-state index contributed by atoms with van der Waals surface area (Å²) < 4.78 is 32.6. The maximum Gasteiger partial charge on any atom is 0.305 e. The van der Waals surface area contributed by atoms with Crippen LogP contribution in [0.2, 0.25) is 0 Å². The van der Waals surface area contributed by atoms with E-state index < -0.39 is 10.0 Å². The lowest BCUT2D eigenvalue weighted by atomic mass is 9.91. The number of esters is 1. The number of nitrogens with zero attached hydrogens (tertiary/aromatic N) is 1. The first kappa shape index (κ1) is 21.4. The van der Waals surface area contributed by atoms with E-state index in [9.17, 15) is 13.2 Å². The summed E-state index contributed by atoms with van der Waals surface area (Å²) >= 11 is 0. The molecule has 0 bridgehead atoms. The van der Waals surface area contributed by atoms with Gasteiger partial charge in [0.05, 0.1) is 23.2 Å². The van der Waals surface area contributed by atoms with E-state index in [1.54, 1.807) is 32.2 Å². The van der Waals surface area contributed by atoms with Crippen LogP contribution in [-0.2, 0) is 19.6 Å². The van der Waals surface area contributed by atoms with Gasteiger partial charge in [-0.3, -0.25) is 9.10 Å². The van der Waals surface area contributed by atoms with Gasteiger partial charge in [-0.15, -0.1) is 0 Å². The summed E-state index contributed by atoms with van der Waals surface area (Å²) in [6.45, 7) is 2.81. The van der Waals surface area contributed by atoms with Crippen LogP contribution in [0.15, 0.2) is 47.4 Å². The minimum absolute atomic E-state index is 0.194. The normalized spacial score (nSPS) is 17.2. The van der Waals surface area contributed by atoms with Gasteiger partial charge in [-0.2, -0.15) is 0 Å². The molecule has 2 radical (unpaired) electrons. The molecular formula is C21H25BN2O4S. The van der Waals surface area contributed by atoms with Gasteiger partial charge in [-0.1, -0.05) is 35.8 Å². The van der Waals surface area contributed by atoms with Crippen LogP contribution in [0.3, 0.4) is 0 Å². The Bertz CT molecular complexity index is 994. The zero-order valence-electron chi connectivity index (χ0n) is 16.7. The molecule has 1 atom stereocenters. The summed E-state index contributed by atoms with van der Waals surface area (Å²) in [6, 6.07) is 12.2. The Morgan fingerprint density at radius 3 is 2.69 bits per heavy atom. The molecule has 1 N–H and O–H groups in total. The quantitative estimate of drug-likeness (QED) is 0.428. The van der Waals surface area contributed by atoms with Gasteiger partial charge in [0.15, 0.2) is 0 Å². The van der Waals surface area contributed by atoms with Gasteiger partial charge < -0.3 is 10.1 Å². The van der Waals surface area contributed by atoms with Crippen molar-refractivity contribution in [3.8, 4) is 0 Å². The van der Waals surface area contributed by atoms with Crippen molar-refractivity contribution in [1.82, 2.24) is 5.32 Å². The van der Waals surface area contributed by atoms with Crippen molar-refractivity contribution in [2.45, 2.75) is 37.1 Å². The maximum absolute atomic E-state index is 13.2. The highest BCUT2D eigenvalue weighted by Crippen LogP contribution is 2.39. The first-order chi connectivity index (χ1) is 13.9. The Morgan fingerprint density at radius 2 is 1.93 bits per heavy atom. The molecule has 2 aromatic carbocycles. The van der Waals surface area contributed by atoms with Crippen LogP contribution in [0.25, 0.3) is 0 Å². The number of carbonyl (C=O) groups is 1. The summed E-state index contributed by atoms with van der Waals surface area (Å²) in [6.07, 6.45) is 1.85. The fourth-order valence-corrected chi connectivity index (χ4v) is 5.06. The minimum atomic E-state index is -3.73. The van der Waals surface area contributed by atoms with E-state index >= 15 is 0 Å². The molecule has 1 aliphatic heterocycles. The second-order valence-corrected chi connectivity index (χ2v) is 8.92. The van der Waals surface area contributed by atoms with Crippen molar-refractivity contribution >= 4 is 35.0 Å². The summed E-state index contributed by atoms with van der Waals surface area (Å²) in [4.78, 5) is 11.7. The molecule has 1 aliphatic rings. The number of hydrogen-bond acceptors (Lipinski definition) is 5. The molecule has 1 heterocycles. The summed E-state index contributed by atoms with van der Waals surface area (Å²) in [5.41, 5.74) is 2.58. The molecule has 0 saturated carbocycles. The van der Waals surface area contributed by atoms with E-state index in [4.69, 9.17) is 12.6 Å². The molecule has 3 rings (SSSR count). The molecule has 152 valence electrons. The van der Waals surface area contributed by atoms with Gasteiger partial charge in [0.25, 0.3) is 10.0 Å². The highest BCUT2D eigenvalue weighted by molar-refractivity contribution is 7.92. The second-order valence-electron chi connectivity index (χ2n) is 6.98. The minimum Gasteiger partial charge on any atom is -0.466 e. The zero-order chi connectivity index (χ0) is 21.0. The van der Waals surface area contributed by atoms with Gasteiger partial charge in [0.2, 0.25) is 0 Å². The van der Waals surface area contributed by atoms with E-state index in [1.165, 1.54) is 10.4 Å². The van der Waals surface area contributed by atoms with Crippen LogP contribution in [-0.4, -0.2) is 42.4 Å². The van der Waals surface area contributed by atoms with Crippen molar-refractivity contribution in [3.63, 3.8) is 0 Å². The highest BCUT2D eigenvalue weighted by Gasteiger charge is 2.34. The fraction of sp³-hybridized carbons (Fsp3) is 0.381. The molecular weight excluding hydrogens is 387 g/mol. The monoisotopic (exact) mass is 412 g/mol. The summed E-state index contributed by atoms with van der Waals surface area (Å²) in [5.74, 6) is -0.194. The molecule has 0 saturated heterocycles. The number of benzene rings is 2. The van der Waals surface area contributed by atoms with E-state index in [-0.39, 0.29) is 16.9 Å². The summed E-state index contributed by atoms with van der Waals surface area (Å²) in [5, 5.41) is 3.47. The first-order valence-corrected chi connectivity index (χ1v) is 11.2. The van der Waals surface area contributed by atoms with Gasteiger partial charge >= 0.3 is 5.97 Å². The molecule has 1 unspecified atom stereocenters. The SMILES string of the molecule is [B]c1ccc2c(c1)S(=O)(=O)N(C)c1ccccc1C2NCCCCC(=O)OCC. The molecule has 2 aromatic rings. The molecule has 0 amide bonds. The Hall–Kier alpha value is -2.32. The number of anilines is 1. The van der Waals surface area contributed by atoms with Gasteiger partial charge in [-0.05, 0) is 49.6 Å². The molecule has 0 aliphatic carbocycles. The molecule has 0 aromatic heterocycles. The molecule has 8 heteroatoms. The van der Waals surface area contributed by atoms with E-state index in [0.717, 1.165) is 12.0 Å². The number of ether oxygens (including phenoxy) is 1. The lowest BCUT2D eigenvalue weighted by Gasteiger charge is -2.22. The number of sulfonamides is 1. The third-order valence-corrected chi connectivity index (χ3v) is 6.86. The lowest BCUT2D eigenvalue weighted by Crippen LogP contribution is -2.27. The number of hydrogen-bond donors (Lipinski definition) is 1. The zero-order valence-corrected chi connectivity index (χ0v) is 17.5. The van der Waals surface area contributed by atoms with Crippen molar-refractivity contribution < 1.29 is 17.9 Å². The Labute approximate surface area is 173 Å². The molecule has 29 heavy (non-hydrogen) atoms. The van der Waals surface area contributed by atoms with Crippen molar-refractivity contribution in [1.29, 1.82) is 0 Å². The number of unbranched alkanes of at least 4 members (excludes halogenated alkanes) is 1. The Balaban J connectivity index is 1.88. The summed E-state index contributed by atoms with van der Waals surface area (Å²) in [7, 11) is 3.73. The first-order valence-electron chi connectivity index (χ1n) is 9.72. The van der Waals surface area contributed by atoms with Gasteiger partial charge in [0, 0.05) is 13.5 Å². The van der Waals surface area contributed by atoms with Crippen LogP contribution in [0.1, 0.15) is 43.4 Å². The van der Waals surface area contributed by atoms with Crippen LogP contribution in [0, 0.1) is 0 Å². The molecule has 0 fully saturated rings. The average Bonchev–Trinajstić information content (AvgIpc) is 2.76. The standard InChI is InChI=1S/C21H25BN2O4S/c1-3-28-20(25)10-6-7-13-23-21-16-8-4-5-9-18(16)24(2)29(26,27)19-14-15(22)11-12-17(19)21/h4-5,8-9,11-12,14,21,23H,3,6-7,10,13H2,1-2H3. The van der Waals surface area contributed by atoms with E-state index in [2.05, 4.69) is 5.32 Å². The Morgan fingerprint density at radius 1 is 1.17 bits per heavy atom. The van der Waals surface area contributed by atoms with E-state index in [1.807, 2.05) is 18.2 Å². The maximum atomic E-state index is 13.2. The van der Waals surface area contributed by atoms with Crippen molar-refractivity contribution in [3.05, 3.63) is 53.6 Å². The third-order valence-electron chi connectivity index (χ3n) is 5.04. The topological polar surface area (TPSA) is 75.7 Å². The predicted octanol–water partition coefficient (Wildman–Crippen LogP) is 2.03. The smallest absolute Gasteiger partial charge is 0.305 e. The number of para-hydroxylation sites is 1. The number of nitrogens with one attached hydrogen (secondary N) is 1.